The minimum Gasteiger partial charge on any atom is -0.372 e. The Bertz CT molecular complexity index is 1520. The molecule has 0 saturated heterocycles. The summed E-state index contributed by atoms with van der Waals surface area (Å²) in [6.07, 6.45) is 13.5. The molecule has 1 aliphatic rings. The first-order valence-corrected chi connectivity index (χ1v) is 15.0. The van der Waals surface area contributed by atoms with Crippen LogP contribution in [0.15, 0.2) is 139 Å². The Morgan fingerprint density at radius 3 is 1.63 bits per heavy atom. The molecular weight excluding hydrogens is 494 g/mol. The largest absolute Gasteiger partial charge is 0.372 e. The molecule has 5 rings (SSSR count). The molecule has 1 aliphatic carbocycles. The smallest absolute Gasteiger partial charge is 0.0777 e. The third-order valence-electron chi connectivity index (χ3n) is 8.95. The van der Waals surface area contributed by atoms with E-state index in [0.29, 0.717) is 5.92 Å². The van der Waals surface area contributed by atoms with Gasteiger partial charge in [-0.1, -0.05) is 142 Å². The highest BCUT2D eigenvalue weighted by molar-refractivity contribution is 5.68. The van der Waals surface area contributed by atoms with Crippen molar-refractivity contribution in [1.82, 2.24) is 0 Å². The SMILES string of the molecule is CC=CC(C)(Nc1ccc(-c2ccc(C(C)(c3ccc(-c4ccccc4)cc3)C(C)C)cc2)cc1)C1=CCCC=C1. The molecule has 0 aromatic heterocycles. The Labute approximate surface area is 247 Å². The average Bonchev–Trinajstić information content (AvgIpc) is 3.02. The summed E-state index contributed by atoms with van der Waals surface area (Å²) >= 11 is 0. The molecule has 1 nitrogen and oxygen atoms in total. The zero-order valence-electron chi connectivity index (χ0n) is 25.2. The van der Waals surface area contributed by atoms with E-state index in [2.05, 4.69) is 173 Å². The van der Waals surface area contributed by atoms with E-state index >= 15 is 0 Å². The molecule has 0 spiro atoms. The monoisotopic (exact) mass is 537 g/mol. The maximum absolute atomic E-state index is 3.77. The van der Waals surface area contributed by atoms with Crippen molar-refractivity contribution < 1.29 is 0 Å². The lowest BCUT2D eigenvalue weighted by atomic mass is 9.68. The van der Waals surface area contributed by atoms with E-state index in [1.54, 1.807) is 0 Å². The zero-order valence-corrected chi connectivity index (χ0v) is 25.2. The van der Waals surface area contributed by atoms with Gasteiger partial charge in [-0.2, -0.15) is 0 Å². The van der Waals surface area contributed by atoms with Gasteiger partial charge in [0.1, 0.15) is 0 Å². The Kier molecular flexibility index (Phi) is 8.45. The molecule has 0 fully saturated rings. The lowest BCUT2D eigenvalue weighted by Gasteiger charge is -2.35. The number of nitrogens with one attached hydrogen (secondary N) is 1. The van der Waals surface area contributed by atoms with Gasteiger partial charge in [0.2, 0.25) is 0 Å². The third kappa shape index (κ3) is 6.00. The zero-order chi connectivity index (χ0) is 28.9. The van der Waals surface area contributed by atoms with Gasteiger partial charge in [0.25, 0.3) is 0 Å². The molecule has 208 valence electrons. The topological polar surface area (TPSA) is 12.0 Å². The van der Waals surface area contributed by atoms with Crippen LogP contribution in [0.2, 0.25) is 0 Å². The van der Waals surface area contributed by atoms with Crippen LogP contribution < -0.4 is 5.32 Å². The van der Waals surface area contributed by atoms with E-state index in [-0.39, 0.29) is 11.0 Å². The number of allylic oxidation sites excluding steroid dienone is 3. The second-order valence-electron chi connectivity index (χ2n) is 11.9. The summed E-state index contributed by atoms with van der Waals surface area (Å²) in [7, 11) is 0. The predicted octanol–water partition coefficient (Wildman–Crippen LogP) is 11.0. The van der Waals surface area contributed by atoms with Gasteiger partial charge in [-0.15, -0.1) is 0 Å². The second kappa shape index (κ2) is 12.2. The van der Waals surface area contributed by atoms with E-state index in [1.165, 1.54) is 39.0 Å². The van der Waals surface area contributed by atoms with E-state index in [9.17, 15) is 0 Å². The maximum Gasteiger partial charge on any atom is 0.0777 e. The Morgan fingerprint density at radius 2 is 1.17 bits per heavy atom. The molecule has 4 aromatic rings. The van der Waals surface area contributed by atoms with Crippen molar-refractivity contribution in [2.75, 3.05) is 5.32 Å². The molecular formula is C40H43N. The molecule has 0 radical (unpaired) electrons. The molecule has 1 heteroatoms. The van der Waals surface area contributed by atoms with Crippen LogP contribution in [-0.2, 0) is 5.41 Å². The molecule has 0 aliphatic heterocycles. The fourth-order valence-electron chi connectivity index (χ4n) is 6.07. The van der Waals surface area contributed by atoms with Crippen LogP contribution >= 0.6 is 0 Å². The minimum atomic E-state index is -0.227. The first-order valence-electron chi connectivity index (χ1n) is 15.0. The predicted molar refractivity (Wildman–Crippen MR) is 178 cm³/mol. The average molecular weight is 538 g/mol. The molecule has 41 heavy (non-hydrogen) atoms. The Hall–Kier alpha value is -4.10. The molecule has 0 amide bonds. The van der Waals surface area contributed by atoms with E-state index in [1.807, 2.05) is 0 Å². The van der Waals surface area contributed by atoms with Crippen LogP contribution in [0.1, 0.15) is 58.6 Å². The highest BCUT2D eigenvalue weighted by Gasteiger charge is 2.32. The van der Waals surface area contributed by atoms with Crippen molar-refractivity contribution >= 4 is 5.69 Å². The number of hydrogen-bond donors (Lipinski definition) is 1. The minimum absolute atomic E-state index is 0.0823. The number of hydrogen-bond acceptors (Lipinski definition) is 1. The first-order chi connectivity index (χ1) is 19.8. The summed E-state index contributed by atoms with van der Waals surface area (Å²) < 4.78 is 0. The van der Waals surface area contributed by atoms with Crippen molar-refractivity contribution in [3.63, 3.8) is 0 Å². The summed E-state index contributed by atoms with van der Waals surface area (Å²) in [6, 6.07) is 37.8. The van der Waals surface area contributed by atoms with Crippen LogP contribution in [0.3, 0.4) is 0 Å². The van der Waals surface area contributed by atoms with Crippen LogP contribution in [0, 0.1) is 5.92 Å². The maximum atomic E-state index is 3.77. The quantitative estimate of drug-likeness (QED) is 0.209. The highest BCUT2D eigenvalue weighted by atomic mass is 15.0. The molecule has 2 atom stereocenters. The summed E-state index contributed by atoms with van der Waals surface area (Å²) in [4.78, 5) is 0. The summed E-state index contributed by atoms with van der Waals surface area (Å²) in [5, 5.41) is 3.77. The first kappa shape index (κ1) is 28.4. The molecule has 4 aromatic carbocycles. The highest BCUT2D eigenvalue weighted by Crippen LogP contribution is 2.40. The molecule has 0 bridgehead atoms. The van der Waals surface area contributed by atoms with Gasteiger partial charge in [-0.05, 0) is 83.7 Å². The fraction of sp³-hybridized carbons (Fsp3) is 0.250. The number of rotatable bonds is 9. The molecule has 1 N–H and O–H groups in total. The normalized spacial score (nSPS) is 16.3. The van der Waals surface area contributed by atoms with E-state index in [0.717, 1.165) is 18.5 Å². The van der Waals surface area contributed by atoms with Crippen LogP contribution in [0.5, 0.6) is 0 Å². The lowest BCUT2D eigenvalue weighted by molar-refractivity contribution is 0.405. The van der Waals surface area contributed by atoms with Crippen molar-refractivity contribution in [2.24, 2.45) is 5.92 Å². The van der Waals surface area contributed by atoms with Gasteiger partial charge in [0.15, 0.2) is 0 Å². The fourth-order valence-corrected chi connectivity index (χ4v) is 6.07. The van der Waals surface area contributed by atoms with Gasteiger partial charge < -0.3 is 5.32 Å². The summed E-state index contributed by atoms with van der Waals surface area (Å²) in [5.41, 5.74) is 9.81. The summed E-state index contributed by atoms with van der Waals surface area (Å²) in [5.74, 6) is 0.446. The lowest BCUT2D eigenvalue weighted by Crippen LogP contribution is -2.34. The van der Waals surface area contributed by atoms with Crippen molar-refractivity contribution in [3.05, 3.63) is 150 Å². The van der Waals surface area contributed by atoms with Crippen molar-refractivity contribution in [1.29, 1.82) is 0 Å². The Balaban J connectivity index is 1.36. The van der Waals surface area contributed by atoms with Crippen molar-refractivity contribution in [3.8, 4) is 22.3 Å². The molecule has 0 heterocycles. The van der Waals surface area contributed by atoms with Gasteiger partial charge in [-0.25, -0.2) is 0 Å². The van der Waals surface area contributed by atoms with Crippen molar-refractivity contribution in [2.45, 2.75) is 58.4 Å². The van der Waals surface area contributed by atoms with Gasteiger partial charge in [0, 0.05) is 11.1 Å². The Morgan fingerprint density at radius 1 is 0.659 bits per heavy atom. The number of anilines is 1. The van der Waals surface area contributed by atoms with E-state index in [4.69, 9.17) is 0 Å². The van der Waals surface area contributed by atoms with Crippen LogP contribution in [0.4, 0.5) is 5.69 Å². The van der Waals surface area contributed by atoms with Crippen LogP contribution in [-0.4, -0.2) is 5.54 Å². The second-order valence-corrected chi connectivity index (χ2v) is 11.9. The van der Waals surface area contributed by atoms with Gasteiger partial charge in [-0.3, -0.25) is 0 Å². The standard InChI is InChI=1S/C40H43N/c1-6-29-39(4,35-15-11-8-12-16-35)41-38-27-21-34(22-28-38)33-19-25-37(26-20-33)40(5,30(2)3)36-23-17-32(18-24-36)31-13-9-7-10-14-31/h6-7,9-11,13-30,41H,8,12H2,1-5H3. The number of benzene rings is 4. The molecule has 2 unspecified atom stereocenters. The third-order valence-corrected chi connectivity index (χ3v) is 8.95. The van der Waals surface area contributed by atoms with Gasteiger partial charge in [0.05, 0.1) is 5.54 Å². The van der Waals surface area contributed by atoms with E-state index < -0.39 is 0 Å². The van der Waals surface area contributed by atoms with Crippen LogP contribution in [0.25, 0.3) is 22.3 Å². The van der Waals surface area contributed by atoms with Gasteiger partial charge >= 0.3 is 0 Å². The molecule has 0 saturated carbocycles. The summed E-state index contributed by atoms with van der Waals surface area (Å²) in [6.45, 7) is 11.4.